The van der Waals surface area contributed by atoms with Crippen LogP contribution >= 0.6 is 12.2 Å². The SMILES string of the molecule is COc1cccc(OC)c1C=CC(=S)c1ccc(C)cc1. The van der Waals surface area contributed by atoms with Crippen LogP contribution in [0.5, 0.6) is 11.5 Å². The summed E-state index contributed by atoms with van der Waals surface area (Å²) < 4.78 is 10.7. The Hall–Kier alpha value is -2.13. The normalized spacial score (nSPS) is 10.6. The fraction of sp³-hybridized carbons (Fsp3) is 0.167. The third-order valence-electron chi connectivity index (χ3n) is 3.20. The zero-order valence-electron chi connectivity index (χ0n) is 12.4. The second-order valence-corrected chi connectivity index (χ2v) is 5.08. The van der Waals surface area contributed by atoms with Gasteiger partial charge in [0.2, 0.25) is 0 Å². The van der Waals surface area contributed by atoms with Crippen LogP contribution in [0.4, 0.5) is 0 Å². The standard InChI is InChI=1S/C18H18O2S/c1-13-7-9-14(10-8-13)18(21)12-11-15-16(19-2)5-4-6-17(15)20-3/h4-12H,1-3H3. The van der Waals surface area contributed by atoms with Crippen molar-refractivity contribution in [3.05, 3.63) is 65.2 Å². The molecule has 0 N–H and O–H groups in total. The van der Waals surface area contributed by atoms with Crippen LogP contribution in [0.15, 0.2) is 48.5 Å². The lowest BCUT2D eigenvalue weighted by Crippen LogP contribution is -1.94. The topological polar surface area (TPSA) is 18.5 Å². The molecule has 0 saturated carbocycles. The highest BCUT2D eigenvalue weighted by Gasteiger charge is 2.06. The van der Waals surface area contributed by atoms with E-state index in [4.69, 9.17) is 21.7 Å². The number of hydrogen-bond donors (Lipinski definition) is 0. The Morgan fingerprint density at radius 3 is 2.05 bits per heavy atom. The Kier molecular flexibility index (Phi) is 5.12. The molecule has 21 heavy (non-hydrogen) atoms. The van der Waals surface area contributed by atoms with Crippen LogP contribution in [0.1, 0.15) is 16.7 Å². The van der Waals surface area contributed by atoms with Crippen molar-refractivity contribution in [2.24, 2.45) is 0 Å². The summed E-state index contributed by atoms with van der Waals surface area (Å²) in [6.07, 6.45) is 3.83. The van der Waals surface area contributed by atoms with Crippen LogP contribution in [0.3, 0.4) is 0 Å². The maximum absolute atomic E-state index is 5.45. The van der Waals surface area contributed by atoms with Crippen molar-refractivity contribution < 1.29 is 9.47 Å². The monoisotopic (exact) mass is 298 g/mol. The first kappa shape index (κ1) is 15.3. The summed E-state index contributed by atoms with van der Waals surface area (Å²) in [5.74, 6) is 1.52. The zero-order valence-corrected chi connectivity index (χ0v) is 13.2. The first-order chi connectivity index (χ1) is 10.2. The van der Waals surface area contributed by atoms with E-state index in [-0.39, 0.29) is 0 Å². The smallest absolute Gasteiger partial charge is 0.129 e. The minimum Gasteiger partial charge on any atom is -0.496 e. The van der Waals surface area contributed by atoms with Gasteiger partial charge in [0.05, 0.1) is 19.8 Å². The molecule has 2 aromatic carbocycles. The van der Waals surface area contributed by atoms with Gasteiger partial charge in [-0.25, -0.2) is 0 Å². The summed E-state index contributed by atoms with van der Waals surface area (Å²) in [6.45, 7) is 2.06. The Balaban J connectivity index is 2.28. The molecule has 0 spiro atoms. The fourth-order valence-electron chi connectivity index (χ4n) is 2.02. The molecule has 0 unspecified atom stereocenters. The molecular weight excluding hydrogens is 280 g/mol. The molecule has 108 valence electrons. The van der Waals surface area contributed by atoms with E-state index in [0.717, 1.165) is 27.5 Å². The summed E-state index contributed by atoms with van der Waals surface area (Å²) in [5, 5.41) is 0. The number of benzene rings is 2. The molecule has 3 heteroatoms. The fourth-order valence-corrected chi connectivity index (χ4v) is 2.22. The third-order valence-corrected chi connectivity index (χ3v) is 3.58. The summed E-state index contributed by atoms with van der Waals surface area (Å²) in [6, 6.07) is 13.9. The van der Waals surface area contributed by atoms with E-state index in [0.29, 0.717) is 0 Å². The van der Waals surface area contributed by atoms with Crippen molar-refractivity contribution in [1.82, 2.24) is 0 Å². The Morgan fingerprint density at radius 1 is 0.952 bits per heavy atom. The van der Waals surface area contributed by atoms with Gasteiger partial charge in [-0.15, -0.1) is 0 Å². The summed E-state index contributed by atoms with van der Waals surface area (Å²) in [4.78, 5) is 0.781. The summed E-state index contributed by atoms with van der Waals surface area (Å²) in [7, 11) is 3.29. The molecule has 0 fully saturated rings. The van der Waals surface area contributed by atoms with E-state index in [9.17, 15) is 0 Å². The van der Waals surface area contributed by atoms with Crippen molar-refractivity contribution in [2.45, 2.75) is 6.92 Å². The van der Waals surface area contributed by atoms with Gasteiger partial charge in [-0.2, -0.15) is 0 Å². The number of thiocarbonyl (C=S) groups is 1. The van der Waals surface area contributed by atoms with Crippen LogP contribution in [0.25, 0.3) is 6.08 Å². The Bertz CT molecular complexity index is 635. The molecule has 0 saturated heterocycles. The molecule has 0 bridgehead atoms. The van der Waals surface area contributed by atoms with E-state index >= 15 is 0 Å². The van der Waals surface area contributed by atoms with Crippen LogP contribution in [0, 0.1) is 6.92 Å². The van der Waals surface area contributed by atoms with Gasteiger partial charge in [0.25, 0.3) is 0 Å². The van der Waals surface area contributed by atoms with E-state index < -0.39 is 0 Å². The lowest BCUT2D eigenvalue weighted by Gasteiger charge is -2.09. The number of aryl methyl sites for hydroxylation is 1. The van der Waals surface area contributed by atoms with Crippen molar-refractivity contribution in [3.8, 4) is 11.5 Å². The van der Waals surface area contributed by atoms with Crippen LogP contribution in [0.2, 0.25) is 0 Å². The van der Waals surface area contributed by atoms with E-state index in [1.54, 1.807) is 14.2 Å². The van der Waals surface area contributed by atoms with Crippen molar-refractivity contribution in [1.29, 1.82) is 0 Å². The van der Waals surface area contributed by atoms with Gasteiger partial charge in [0.1, 0.15) is 11.5 Å². The van der Waals surface area contributed by atoms with E-state index in [1.165, 1.54) is 5.56 Å². The van der Waals surface area contributed by atoms with Crippen molar-refractivity contribution >= 4 is 23.2 Å². The minimum atomic E-state index is 0.761. The van der Waals surface area contributed by atoms with Gasteiger partial charge in [0.15, 0.2) is 0 Å². The summed E-state index contributed by atoms with van der Waals surface area (Å²) >= 11 is 5.45. The second-order valence-electron chi connectivity index (χ2n) is 4.64. The molecule has 0 atom stereocenters. The molecule has 0 aliphatic rings. The minimum absolute atomic E-state index is 0.761. The molecule has 0 heterocycles. The largest absolute Gasteiger partial charge is 0.496 e. The lowest BCUT2D eigenvalue weighted by atomic mass is 10.1. The third kappa shape index (κ3) is 3.70. The average Bonchev–Trinajstić information content (AvgIpc) is 2.52. The van der Waals surface area contributed by atoms with E-state index in [2.05, 4.69) is 19.1 Å². The maximum atomic E-state index is 5.45. The van der Waals surface area contributed by atoms with Crippen molar-refractivity contribution in [3.63, 3.8) is 0 Å². The first-order valence-corrected chi connectivity index (χ1v) is 7.06. The number of methoxy groups -OCH3 is 2. The number of allylic oxidation sites excluding steroid dienone is 1. The predicted molar refractivity (Wildman–Crippen MR) is 91.5 cm³/mol. The number of hydrogen-bond acceptors (Lipinski definition) is 3. The quantitative estimate of drug-likeness (QED) is 0.462. The second kappa shape index (κ2) is 7.04. The van der Waals surface area contributed by atoms with Gasteiger partial charge in [0, 0.05) is 4.86 Å². The number of rotatable bonds is 5. The first-order valence-electron chi connectivity index (χ1n) is 6.65. The number of ether oxygens (including phenoxy) is 2. The van der Waals surface area contributed by atoms with Gasteiger partial charge in [-0.05, 0) is 36.8 Å². The van der Waals surface area contributed by atoms with Crippen molar-refractivity contribution in [2.75, 3.05) is 14.2 Å². The molecule has 0 radical (unpaired) electrons. The Morgan fingerprint density at radius 2 is 1.52 bits per heavy atom. The lowest BCUT2D eigenvalue weighted by molar-refractivity contribution is 0.392. The highest BCUT2D eigenvalue weighted by Crippen LogP contribution is 2.29. The molecule has 0 aromatic heterocycles. The molecule has 0 aliphatic heterocycles. The molecule has 0 aliphatic carbocycles. The highest BCUT2D eigenvalue weighted by molar-refractivity contribution is 7.81. The maximum Gasteiger partial charge on any atom is 0.129 e. The average molecular weight is 298 g/mol. The molecule has 2 aromatic rings. The van der Waals surface area contributed by atoms with Gasteiger partial charge < -0.3 is 9.47 Å². The van der Waals surface area contributed by atoms with Crippen LogP contribution < -0.4 is 9.47 Å². The van der Waals surface area contributed by atoms with Crippen LogP contribution in [-0.2, 0) is 0 Å². The summed E-state index contributed by atoms with van der Waals surface area (Å²) in [5.41, 5.74) is 3.13. The predicted octanol–water partition coefficient (Wildman–Crippen LogP) is 4.44. The van der Waals surface area contributed by atoms with Gasteiger partial charge in [-0.1, -0.05) is 48.1 Å². The van der Waals surface area contributed by atoms with Gasteiger partial charge >= 0.3 is 0 Å². The van der Waals surface area contributed by atoms with E-state index in [1.807, 2.05) is 42.5 Å². The highest BCUT2D eigenvalue weighted by atomic mass is 32.1. The van der Waals surface area contributed by atoms with Crippen LogP contribution in [-0.4, -0.2) is 19.1 Å². The molecule has 2 rings (SSSR count). The van der Waals surface area contributed by atoms with Gasteiger partial charge in [-0.3, -0.25) is 0 Å². The Labute approximate surface area is 131 Å². The molecule has 2 nitrogen and oxygen atoms in total. The zero-order chi connectivity index (χ0) is 15.2. The molecular formula is C18H18O2S. The molecule has 0 amide bonds.